The van der Waals surface area contributed by atoms with Crippen LogP contribution in [0.3, 0.4) is 0 Å². The molecule has 9 unspecified atom stereocenters. The van der Waals surface area contributed by atoms with E-state index in [1.54, 1.807) is 39.4 Å². The molecule has 0 spiro atoms. The molecular weight excluding hydrogens is 1030 g/mol. The third-order valence-electron chi connectivity index (χ3n) is 15.2. The molecule has 0 aliphatic carbocycles. The Morgan fingerprint density at radius 1 is 0.785 bits per heavy atom. The molecular formula is C59H100N8O11S. The van der Waals surface area contributed by atoms with Crippen LogP contribution in [0.5, 0.6) is 0 Å². The Balaban J connectivity index is 1.54. The van der Waals surface area contributed by atoms with Crippen LogP contribution in [0.2, 0.25) is 0 Å². The van der Waals surface area contributed by atoms with E-state index in [0.717, 1.165) is 49.1 Å². The number of likely N-dealkylation sites (tertiary alicyclic amines) is 1. The lowest BCUT2D eigenvalue weighted by molar-refractivity contribution is -0.148. The molecule has 0 saturated carbocycles. The van der Waals surface area contributed by atoms with Crippen molar-refractivity contribution >= 4 is 46.8 Å². The van der Waals surface area contributed by atoms with Crippen LogP contribution < -0.4 is 21.7 Å². The molecule has 6 amide bonds. The van der Waals surface area contributed by atoms with Gasteiger partial charge < -0.3 is 60.1 Å². The Morgan fingerprint density at radius 2 is 1.43 bits per heavy atom. The summed E-state index contributed by atoms with van der Waals surface area (Å²) in [6.45, 7) is 17.7. The second-order valence-corrected chi connectivity index (χ2v) is 22.7. The van der Waals surface area contributed by atoms with Crippen LogP contribution >= 0.6 is 11.3 Å². The number of nitrogens with two attached hydrogens (primary N) is 1. The number of amides is 6. The number of ether oxygens (including phenoxy) is 5. The average molecular weight is 1130 g/mol. The molecule has 0 bridgehead atoms. The van der Waals surface area contributed by atoms with Gasteiger partial charge in [0.2, 0.25) is 35.4 Å². The first-order valence-corrected chi connectivity index (χ1v) is 29.9. The predicted octanol–water partition coefficient (Wildman–Crippen LogP) is 6.33. The zero-order valence-electron chi connectivity index (χ0n) is 49.7. The van der Waals surface area contributed by atoms with Gasteiger partial charge in [0.05, 0.1) is 82.3 Å². The first kappa shape index (κ1) is 68.7. The number of nitrogens with zero attached hydrogens (tertiary/aromatic N) is 4. The Labute approximate surface area is 476 Å². The van der Waals surface area contributed by atoms with Crippen LogP contribution in [0, 0.1) is 23.7 Å². The average Bonchev–Trinajstić information content (AvgIpc) is 4.18. The van der Waals surface area contributed by atoms with E-state index in [-0.39, 0.29) is 65.8 Å². The topological polar surface area (TPSA) is 233 Å². The summed E-state index contributed by atoms with van der Waals surface area (Å²) in [6.07, 6.45) is 9.03. The normalized spacial score (nSPS) is 16.6. The minimum atomic E-state index is -0.917. The highest BCUT2D eigenvalue weighted by molar-refractivity contribution is 7.09. The van der Waals surface area contributed by atoms with E-state index in [4.69, 9.17) is 29.4 Å². The van der Waals surface area contributed by atoms with Crippen LogP contribution in [0.25, 0.3) is 0 Å². The molecule has 79 heavy (non-hydrogen) atoms. The van der Waals surface area contributed by atoms with Gasteiger partial charge in [-0.05, 0) is 55.4 Å². The summed E-state index contributed by atoms with van der Waals surface area (Å²) in [6, 6.07) is 7.03. The molecule has 2 heterocycles. The number of rotatable bonds is 41. The minimum absolute atomic E-state index is 0.0102. The maximum atomic E-state index is 14.7. The number of hydrogen-bond donors (Lipinski definition) is 4. The highest BCUT2D eigenvalue weighted by Crippen LogP contribution is 2.31. The van der Waals surface area contributed by atoms with Crippen molar-refractivity contribution in [3.05, 3.63) is 52.5 Å². The highest BCUT2D eigenvalue weighted by atomic mass is 32.1. The maximum absolute atomic E-state index is 14.7. The Morgan fingerprint density at radius 3 is 2.03 bits per heavy atom. The molecule has 9 atom stereocenters. The van der Waals surface area contributed by atoms with Gasteiger partial charge in [-0.3, -0.25) is 28.8 Å². The van der Waals surface area contributed by atoms with Gasteiger partial charge in [0, 0.05) is 72.4 Å². The largest absolute Gasteiger partial charge is 0.379 e. The number of hydrogen-bond acceptors (Lipinski definition) is 14. The number of carbonyl (C=O) groups excluding carboxylic acids is 6. The van der Waals surface area contributed by atoms with E-state index in [1.165, 1.54) is 16.2 Å². The second-order valence-electron chi connectivity index (χ2n) is 21.7. The molecule has 1 fully saturated rings. The van der Waals surface area contributed by atoms with Crippen LogP contribution in [0.1, 0.15) is 142 Å². The van der Waals surface area contributed by atoms with Gasteiger partial charge in [-0.25, -0.2) is 4.98 Å². The van der Waals surface area contributed by atoms with Crippen molar-refractivity contribution in [1.29, 1.82) is 0 Å². The van der Waals surface area contributed by atoms with Crippen molar-refractivity contribution < 1.29 is 52.5 Å². The third kappa shape index (κ3) is 23.4. The number of aromatic nitrogens is 1. The van der Waals surface area contributed by atoms with Gasteiger partial charge in [-0.1, -0.05) is 111 Å². The van der Waals surface area contributed by atoms with Gasteiger partial charge in [-0.2, -0.15) is 0 Å². The van der Waals surface area contributed by atoms with E-state index in [1.807, 2.05) is 89.1 Å². The second kappa shape index (κ2) is 38.2. The van der Waals surface area contributed by atoms with Gasteiger partial charge in [0.1, 0.15) is 17.1 Å². The predicted molar refractivity (Wildman–Crippen MR) is 309 cm³/mol. The van der Waals surface area contributed by atoms with Gasteiger partial charge in [-0.15, -0.1) is 11.3 Å². The number of nitrogens with one attached hydrogen (secondary N) is 3. The lowest BCUT2D eigenvalue weighted by Gasteiger charge is -2.41. The number of thiazole rings is 1. The summed E-state index contributed by atoms with van der Waals surface area (Å²) >= 11 is 1.49. The van der Waals surface area contributed by atoms with Gasteiger partial charge >= 0.3 is 0 Å². The fourth-order valence-corrected chi connectivity index (χ4v) is 11.2. The van der Waals surface area contributed by atoms with E-state index in [9.17, 15) is 28.8 Å². The number of methoxy groups -OCH3 is 2. The van der Waals surface area contributed by atoms with Crippen molar-refractivity contribution in [2.24, 2.45) is 29.4 Å². The number of benzene rings is 1. The van der Waals surface area contributed by atoms with Crippen LogP contribution in [0.15, 0.2) is 41.9 Å². The quantitative estimate of drug-likeness (QED) is 0.0534. The summed E-state index contributed by atoms with van der Waals surface area (Å²) in [5.74, 6) is -2.45. The first-order valence-electron chi connectivity index (χ1n) is 29.0. The zero-order valence-corrected chi connectivity index (χ0v) is 50.5. The molecule has 1 aliphatic rings. The molecule has 19 nitrogen and oxygen atoms in total. The zero-order chi connectivity index (χ0) is 58.3. The maximum Gasteiger partial charge on any atom is 0.245 e. The summed E-state index contributed by atoms with van der Waals surface area (Å²) in [7, 11) is 6.51. The molecule has 448 valence electrons. The van der Waals surface area contributed by atoms with Crippen molar-refractivity contribution in [3.8, 4) is 0 Å². The van der Waals surface area contributed by atoms with Gasteiger partial charge in [0.15, 0.2) is 0 Å². The SMILES string of the molecule is CCC(C)C(C(CC(=O)N1CCCC1C(OC)C(C)C(=O)NC(Cc1ccccc1)c1nccs1)OC)N(C)C(=O)C(NC(=O)C(C(C)C)N(C)C(=O)CCCCCCCCNC(=O)CCOCCOCCOCCN)C(C)C. The van der Waals surface area contributed by atoms with Gasteiger partial charge in [0.25, 0.3) is 0 Å². The fourth-order valence-electron chi connectivity index (χ4n) is 10.5. The van der Waals surface area contributed by atoms with Crippen LogP contribution in [0.4, 0.5) is 0 Å². The Kier molecular flexibility index (Phi) is 33.2. The minimum Gasteiger partial charge on any atom is -0.379 e. The molecule has 1 aromatic carbocycles. The Hall–Kier alpha value is -4.57. The number of carbonyl (C=O) groups is 6. The van der Waals surface area contributed by atoms with Crippen LogP contribution in [-0.4, -0.2) is 179 Å². The molecule has 3 rings (SSSR count). The number of unbranched alkanes of at least 4 members (excludes halogenated alkanes) is 5. The summed E-state index contributed by atoms with van der Waals surface area (Å²) in [4.78, 5) is 92.8. The smallest absolute Gasteiger partial charge is 0.245 e. The molecule has 5 N–H and O–H groups in total. The van der Waals surface area contributed by atoms with Crippen molar-refractivity contribution in [2.75, 3.05) is 87.6 Å². The standard InChI is InChI=1S/C59H100N8O11S/c1-12-43(6)54(48(74-10)40-51(70)67-31-22-25-47(67)55(75-11)44(7)56(71)63-46(58-62-30-38-79-58)39-45-23-18-17-19-24-45)66(9)59(73)52(41(2)3)64-57(72)53(42(4)5)65(8)50(69)26-20-15-13-14-16-21-29-61-49(68)27-32-76-34-36-78-37-35-77-33-28-60/h17-19,23-24,30,38,41-44,46-48,52-55H,12-16,20-22,25-29,31-37,39-40,60H2,1-11H3,(H,61,68)(H,63,71)(H,64,72). The van der Waals surface area contributed by atoms with E-state index >= 15 is 0 Å². The summed E-state index contributed by atoms with van der Waals surface area (Å²) in [5, 5.41) is 11.9. The number of likely N-dealkylation sites (N-methyl/N-ethyl adjacent to an activating group) is 2. The molecule has 1 saturated heterocycles. The van der Waals surface area contributed by atoms with E-state index < -0.39 is 42.2 Å². The highest BCUT2D eigenvalue weighted by Gasteiger charge is 2.44. The van der Waals surface area contributed by atoms with Crippen molar-refractivity contribution in [2.45, 2.75) is 174 Å². The lowest BCUT2D eigenvalue weighted by Crippen LogP contribution is -2.60. The monoisotopic (exact) mass is 1130 g/mol. The summed E-state index contributed by atoms with van der Waals surface area (Å²) in [5.41, 5.74) is 6.45. The summed E-state index contributed by atoms with van der Waals surface area (Å²) < 4.78 is 28.3. The molecule has 0 radical (unpaired) electrons. The lowest BCUT2D eigenvalue weighted by atomic mass is 9.89. The third-order valence-corrected chi connectivity index (χ3v) is 16.1. The molecule has 1 aliphatic heterocycles. The van der Waals surface area contributed by atoms with E-state index in [0.29, 0.717) is 97.8 Å². The van der Waals surface area contributed by atoms with E-state index in [2.05, 4.69) is 20.9 Å². The Bertz CT molecular complexity index is 2050. The van der Waals surface area contributed by atoms with Crippen LogP contribution in [-0.2, 0) is 58.9 Å². The van der Waals surface area contributed by atoms with Crippen molar-refractivity contribution in [3.63, 3.8) is 0 Å². The van der Waals surface area contributed by atoms with Crippen molar-refractivity contribution in [1.82, 2.24) is 35.6 Å². The fraction of sp³-hybridized carbons (Fsp3) is 0.746. The molecule has 2 aromatic rings. The molecule has 20 heteroatoms. The molecule has 1 aromatic heterocycles. The first-order chi connectivity index (χ1) is 37.9.